The number of hydrogen-bond donors (Lipinski definition) is 1. The number of aliphatic hydroxyl groups is 1. The second-order valence-corrected chi connectivity index (χ2v) is 5.69. The Labute approximate surface area is 112 Å². The topological polar surface area (TPSA) is 20.2 Å². The lowest BCUT2D eigenvalue weighted by Gasteiger charge is -2.33. The number of hydrogen-bond acceptors (Lipinski definition) is 1. The summed E-state index contributed by atoms with van der Waals surface area (Å²) in [5.74, 6) is -0.162. The highest BCUT2D eigenvalue weighted by Gasteiger charge is 2.53. The van der Waals surface area contributed by atoms with Crippen molar-refractivity contribution >= 4 is 0 Å². The highest BCUT2D eigenvalue weighted by atomic mass is 19.4. The Balaban J connectivity index is 3.63. The summed E-state index contributed by atoms with van der Waals surface area (Å²) >= 11 is 0. The Kier molecular flexibility index (Phi) is 4.35. The van der Waals surface area contributed by atoms with Crippen LogP contribution in [0, 0.1) is 0 Å². The van der Waals surface area contributed by atoms with E-state index in [1.54, 1.807) is 18.2 Å². The van der Waals surface area contributed by atoms with Gasteiger partial charge in [0.15, 0.2) is 5.60 Å². The molecule has 0 fully saturated rings. The summed E-state index contributed by atoms with van der Waals surface area (Å²) in [5.41, 5.74) is -1.72. The molecular formula is C15H21F3O. The van der Waals surface area contributed by atoms with Gasteiger partial charge in [-0.25, -0.2) is 0 Å². The van der Waals surface area contributed by atoms with Crippen LogP contribution in [0.25, 0.3) is 0 Å². The van der Waals surface area contributed by atoms with E-state index >= 15 is 0 Å². The second-order valence-electron chi connectivity index (χ2n) is 5.69. The van der Waals surface area contributed by atoms with E-state index in [1.165, 1.54) is 0 Å². The average Bonchev–Trinajstić information content (AvgIpc) is 2.26. The summed E-state index contributed by atoms with van der Waals surface area (Å²) in [6, 6.07) is 5.07. The summed E-state index contributed by atoms with van der Waals surface area (Å²) in [6.07, 6.45) is -4.69. The second kappa shape index (κ2) is 5.16. The SMILES string of the molecule is CC(C)c1cccc(C(C)C)c1C(C)(O)C(F)(F)F. The predicted octanol–water partition coefficient (Wildman–Crippen LogP) is 4.70. The molecule has 0 aliphatic rings. The molecule has 1 aromatic carbocycles. The minimum atomic E-state index is -4.69. The van der Waals surface area contributed by atoms with E-state index < -0.39 is 11.8 Å². The van der Waals surface area contributed by atoms with Crippen LogP contribution >= 0.6 is 0 Å². The van der Waals surface area contributed by atoms with Gasteiger partial charge in [-0.3, -0.25) is 0 Å². The number of alkyl halides is 3. The van der Waals surface area contributed by atoms with Crippen molar-refractivity contribution in [3.63, 3.8) is 0 Å². The molecule has 0 aliphatic heterocycles. The van der Waals surface area contributed by atoms with Crippen molar-refractivity contribution in [1.29, 1.82) is 0 Å². The van der Waals surface area contributed by atoms with Crippen molar-refractivity contribution in [2.75, 3.05) is 0 Å². The van der Waals surface area contributed by atoms with Crippen LogP contribution in [-0.2, 0) is 5.60 Å². The molecule has 0 bridgehead atoms. The third-order valence-corrected chi connectivity index (χ3v) is 3.41. The molecule has 0 heterocycles. The first-order valence-electron chi connectivity index (χ1n) is 6.42. The molecule has 0 saturated heterocycles. The fourth-order valence-electron chi connectivity index (χ4n) is 2.25. The van der Waals surface area contributed by atoms with Gasteiger partial charge in [0, 0.05) is 0 Å². The largest absolute Gasteiger partial charge is 0.421 e. The normalized spacial score (nSPS) is 15.9. The van der Waals surface area contributed by atoms with Gasteiger partial charge in [0.05, 0.1) is 0 Å². The molecule has 1 N–H and O–H groups in total. The fraction of sp³-hybridized carbons (Fsp3) is 0.600. The Hall–Kier alpha value is -1.03. The van der Waals surface area contributed by atoms with Gasteiger partial charge >= 0.3 is 6.18 Å². The first kappa shape index (κ1) is 16.0. The molecule has 4 heteroatoms. The van der Waals surface area contributed by atoms with Crippen LogP contribution in [0.4, 0.5) is 13.2 Å². The molecule has 0 aliphatic carbocycles. The van der Waals surface area contributed by atoms with Gasteiger partial charge in [-0.2, -0.15) is 13.2 Å². The molecule has 0 aromatic heterocycles. The van der Waals surface area contributed by atoms with Crippen LogP contribution in [0.15, 0.2) is 18.2 Å². The molecule has 1 rings (SSSR count). The van der Waals surface area contributed by atoms with Crippen molar-refractivity contribution in [3.8, 4) is 0 Å². The van der Waals surface area contributed by atoms with E-state index in [-0.39, 0.29) is 17.4 Å². The molecule has 0 saturated carbocycles. The highest BCUT2D eigenvalue weighted by molar-refractivity contribution is 5.43. The zero-order valence-electron chi connectivity index (χ0n) is 12.0. The van der Waals surface area contributed by atoms with Crippen LogP contribution in [-0.4, -0.2) is 11.3 Å². The molecule has 0 spiro atoms. The lowest BCUT2D eigenvalue weighted by atomic mass is 9.80. The van der Waals surface area contributed by atoms with Crippen molar-refractivity contribution < 1.29 is 18.3 Å². The quantitative estimate of drug-likeness (QED) is 0.846. The Morgan fingerprint density at radius 3 is 1.58 bits per heavy atom. The van der Waals surface area contributed by atoms with Crippen molar-refractivity contribution in [2.45, 2.75) is 58.2 Å². The smallest absolute Gasteiger partial charge is 0.376 e. The van der Waals surface area contributed by atoms with Gasteiger partial charge in [0.25, 0.3) is 0 Å². The summed E-state index contributed by atoms with van der Waals surface area (Å²) in [5, 5.41) is 10.1. The van der Waals surface area contributed by atoms with Crippen LogP contribution in [0.3, 0.4) is 0 Å². The third-order valence-electron chi connectivity index (χ3n) is 3.41. The number of rotatable bonds is 3. The average molecular weight is 274 g/mol. The molecule has 108 valence electrons. The van der Waals surface area contributed by atoms with Crippen LogP contribution in [0.2, 0.25) is 0 Å². The maximum atomic E-state index is 13.2. The monoisotopic (exact) mass is 274 g/mol. The molecule has 19 heavy (non-hydrogen) atoms. The third kappa shape index (κ3) is 2.94. The van der Waals surface area contributed by atoms with E-state index in [1.807, 2.05) is 27.7 Å². The van der Waals surface area contributed by atoms with Gasteiger partial charge in [0.1, 0.15) is 0 Å². The van der Waals surface area contributed by atoms with Crippen molar-refractivity contribution in [2.24, 2.45) is 0 Å². The van der Waals surface area contributed by atoms with Crippen molar-refractivity contribution in [1.82, 2.24) is 0 Å². The van der Waals surface area contributed by atoms with Gasteiger partial charge in [0.2, 0.25) is 0 Å². The maximum Gasteiger partial charge on any atom is 0.421 e. The van der Waals surface area contributed by atoms with E-state index in [0.29, 0.717) is 11.1 Å². The van der Waals surface area contributed by atoms with Crippen LogP contribution in [0.5, 0.6) is 0 Å². The standard InChI is InChI=1S/C15H21F3O/c1-9(2)11-7-6-8-12(10(3)4)13(11)14(5,19)15(16,17)18/h6-10,19H,1-5H3. The molecule has 1 unspecified atom stereocenters. The van der Waals surface area contributed by atoms with Gasteiger partial charge in [-0.15, -0.1) is 0 Å². The Morgan fingerprint density at radius 1 is 0.947 bits per heavy atom. The zero-order chi connectivity index (χ0) is 15.0. The minimum Gasteiger partial charge on any atom is -0.376 e. The molecule has 0 radical (unpaired) electrons. The lowest BCUT2D eigenvalue weighted by molar-refractivity contribution is -0.259. The minimum absolute atomic E-state index is 0.00694. The van der Waals surface area contributed by atoms with Gasteiger partial charge in [-0.1, -0.05) is 45.9 Å². The molecule has 1 aromatic rings. The molecule has 1 nitrogen and oxygen atoms in total. The maximum absolute atomic E-state index is 13.2. The summed E-state index contributed by atoms with van der Waals surface area (Å²) < 4.78 is 39.5. The summed E-state index contributed by atoms with van der Waals surface area (Å²) in [4.78, 5) is 0. The molecule has 1 atom stereocenters. The van der Waals surface area contributed by atoms with Crippen LogP contribution in [0.1, 0.15) is 63.1 Å². The molecular weight excluding hydrogens is 253 g/mol. The Bertz CT molecular complexity index is 419. The first-order chi connectivity index (χ1) is 8.50. The summed E-state index contributed by atoms with van der Waals surface area (Å²) in [6.45, 7) is 8.15. The zero-order valence-corrected chi connectivity index (χ0v) is 12.0. The lowest BCUT2D eigenvalue weighted by Crippen LogP contribution is -2.41. The number of halogens is 3. The predicted molar refractivity (Wildman–Crippen MR) is 70.2 cm³/mol. The first-order valence-corrected chi connectivity index (χ1v) is 6.42. The van der Waals surface area contributed by atoms with E-state index in [9.17, 15) is 18.3 Å². The fourth-order valence-corrected chi connectivity index (χ4v) is 2.25. The Morgan fingerprint density at radius 2 is 1.32 bits per heavy atom. The van der Waals surface area contributed by atoms with E-state index in [2.05, 4.69) is 0 Å². The van der Waals surface area contributed by atoms with Crippen LogP contribution < -0.4 is 0 Å². The number of benzene rings is 1. The van der Waals surface area contributed by atoms with Gasteiger partial charge < -0.3 is 5.11 Å². The van der Waals surface area contributed by atoms with E-state index in [4.69, 9.17) is 0 Å². The highest BCUT2D eigenvalue weighted by Crippen LogP contribution is 2.44. The van der Waals surface area contributed by atoms with Gasteiger partial charge in [-0.05, 0) is 35.4 Å². The van der Waals surface area contributed by atoms with E-state index in [0.717, 1.165) is 6.92 Å². The molecule has 0 amide bonds. The summed E-state index contributed by atoms with van der Waals surface area (Å²) in [7, 11) is 0. The van der Waals surface area contributed by atoms with Crippen molar-refractivity contribution in [3.05, 3.63) is 34.9 Å².